The summed E-state index contributed by atoms with van der Waals surface area (Å²) in [5, 5.41) is 0.807. The van der Waals surface area contributed by atoms with Crippen LogP contribution < -0.4 is 5.30 Å². The predicted octanol–water partition coefficient (Wildman–Crippen LogP) is 1.58. The van der Waals surface area contributed by atoms with Crippen molar-refractivity contribution in [3.05, 3.63) is 18.1 Å². The third-order valence-corrected chi connectivity index (χ3v) is 2.03. The fraction of sp³-hybridized carbons (Fsp3) is 0. The highest BCUT2D eigenvalue weighted by molar-refractivity contribution is 7.36. The van der Waals surface area contributed by atoms with Crippen molar-refractivity contribution in [2.45, 2.75) is 0 Å². The van der Waals surface area contributed by atoms with Gasteiger partial charge >= 0.3 is 0 Å². The van der Waals surface area contributed by atoms with Crippen LogP contribution in [0.25, 0.3) is 0 Å². The molecule has 0 radical (unpaired) electrons. The van der Waals surface area contributed by atoms with E-state index in [1.807, 2.05) is 0 Å². The highest BCUT2D eigenvalue weighted by Gasteiger charge is 1.83. The SMILES string of the molecule is O=Pc1ccnpc1. The molecule has 0 saturated carbocycles. The summed E-state index contributed by atoms with van der Waals surface area (Å²) in [6, 6.07) is 1.73. The smallest absolute Gasteiger partial charge is 0.192 e. The molecule has 2 nitrogen and oxygen atoms in total. The number of nitrogens with zero attached hydrogens (tertiary/aromatic N) is 1. The molecule has 0 unspecified atom stereocenters. The molecule has 0 amide bonds. The fourth-order valence-corrected chi connectivity index (χ4v) is 1.22. The van der Waals surface area contributed by atoms with Gasteiger partial charge in [0.05, 0.1) is 5.30 Å². The van der Waals surface area contributed by atoms with Crippen LogP contribution in [0.4, 0.5) is 0 Å². The van der Waals surface area contributed by atoms with Gasteiger partial charge in [0, 0.05) is 14.5 Å². The minimum Gasteiger partial charge on any atom is -0.269 e. The molecule has 0 fully saturated rings. The summed E-state index contributed by atoms with van der Waals surface area (Å²) in [7, 11) is 0.961. The number of hydrogen-bond donors (Lipinski definition) is 0. The van der Waals surface area contributed by atoms with Crippen molar-refractivity contribution >= 4 is 22.1 Å². The summed E-state index contributed by atoms with van der Waals surface area (Å²) in [6.07, 6.45) is 1.65. The van der Waals surface area contributed by atoms with Crippen LogP contribution in [0.1, 0.15) is 0 Å². The first-order valence-corrected chi connectivity index (χ1v) is 3.76. The fourth-order valence-electron chi connectivity index (χ4n) is 0.338. The van der Waals surface area contributed by atoms with Crippen molar-refractivity contribution in [3.8, 4) is 0 Å². The molecule has 0 aliphatic carbocycles. The van der Waals surface area contributed by atoms with Crippen LogP contribution >= 0.6 is 16.8 Å². The zero-order chi connectivity index (χ0) is 5.82. The first-order chi connectivity index (χ1) is 3.93. The monoisotopic (exact) mass is 143 g/mol. The highest BCUT2D eigenvalue weighted by atomic mass is 31.1. The van der Waals surface area contributed by atoms with Gasteiger partial charge in [0.2, 0.25) is 0 Å². The van der Waals surface area contributed by atoms with E-state index in [-0.39, 0.29) is 8.46 Å². The molecule has 40 valence electrons. The Bertz CT molecular complexity index is 177. The van der Waals surface area contributed by atoms with E-state index >= 15 is 0 Å². The summed E-state index contributed by atoms with van der Waals surface area (Å²) < 4.78 is 13.9. The Balaban J connectivity index is 2.99. The Hall–Kier alpha value is -0.320. The molecule has 1 aromatic heterocycles. The van der Waals surface area contributed by atoms with E-state index < -0.39 is 0 Å². The first kappa shape index (κ1) is 5.81. The molecule has 0 N–H and O–H groups in total. The quantitative estimate of drug-likeness (QED) is 0.558. The molecule has 1 rings (SSSR count). The van der Waals surface area contributed by atoms with E-state index in [4.69, 9.17) is 0 Å². The topological polar surface area (TPSA) is 30.0 Å². The van der Waals surface area contributed by atoms with Gasteiger partial charge in [-0.3, -0.25) is 4.57 Å². The summed E-state index contributed by atoms with van der Waals surface area (Å²) in [4.78, 5) is 0. The molecule has 0 aliphatic heterocycles. The lowest BCUT2D eigenvalue weighted by Gasteiger charge is -1.79. The molecule has 0 saturated heterocycles. The van der Waals surface area contributed by atoms with E-state index in [9.17, 15) is 4.57 Å². The van der Waals surface area contributed by atoms with Crippen LogP contribution in [0.2, 0.25) is 0 Å². The molecular formula is C4H3NOP2. The third kappa shape index (κ3) is 1.33. The van der Waals surface area contributed by atoms with E-state index in [2.05, 4.69) is 4.75 Å². The number of hydrogen-bond acceptors (Lipinski definition) is 2. The van der Waals surface area contributed by atoms with Crippen LogP contribution in [0.3, 0.4) is 0 Å². The van der Waals surface area contributed by atoms with Crippen LogP contribution in [-0.2, 0) is 4.57 Å². The summed E-state index contributed by atoms with van der Waals surface area (Å²) in [5.41, 5.74) is 0. The lowest BCUT2D eigenvalue weighted by Crippen LogP contribution is -1.84. The van der Waals surface area contributed by atoms with Crippen molar-refractivity contribution in [1.82, 2.24) is 4.75 Å². The second-order valence-electron chi connectivity index (χ2n) is 1.19. The second kappa shape index (κ2) is 2.86. The van der Waals surface area contributed by atoms with Crippen LogP contribution in [0, 0.1) is 0 Å². The zero-order valence-electron chi connectivity index (χ0n) is 3.98. The average molecular weight is 143 g/mol. The number of aromatic nitrogens is 1. The van der Waals surface area contributed by atoms with Gasteiger partial charge < -0.3 is 0 Å². The third-order valence-electron chi connectivity index (χ3n) is 0.674. The summed E-state index contributed by atoms with van der Waals surface area (Å²) in [6.45, 7) is 0. The van der Waals surface area contributed by atoms with Crippen LogP contribution in [0.15, 0.2) is 18.1 Å². The van der Waals surface area contributed by atoms with Gasteiger partial charge in [-0.05, 0) is 11.9 Å². The maximum Gasteiger partial charge on any atom is 0.192 e. The summed E-state index contributed by atoms with van der Waals surface area (Å²) >= 11 is 0. The van der Waals surface area contributed by atoms with E-state index in [0.717, 1.165) is 13.7 Å². The Morgan fingerprint density at radius 1 is 1.75 bits per heavy atom. The van der Waals surface area contributed by atoms with E-state index in [0.29, 0.717) is 0 Å². The molecule has 1 aromatic rings. The average Bonchev–Trinajstić information content (AvgIpc) is 1.90. The molecule has 0 atom stereocenters. The molecule has 0 aliphatic rings. The zero-order valence-corrected chi connectivity index (χ0v) is 5.77. The van der Waals surface area contributed by atoms with Crippen molar-refractivity contribution in [2.24, 2.45) is 0 Å². The van der Waals surface area contributed by atoms with E-state index in [1.54, 1.807) is 18.1 Å². The van der Waals surface area contributed by atoms with Crippen LogP contribution in [-0.4, -0.2) is 4.75 Å². The van der Waals surface area contributed by atoms with Gasteiger partial charge in [-0.2, -0.15) is 0 Å². The van der Waals surface area contributed by atoms with Crippen molar-refractivity contribution < 1.29 is 4.57 Å². The molecule has 8 heavy (non-hydrogen) atoms. The van der Waals surface area contributed by atoms with Gasteiger partial charge in [0.1, 0.15) is 0 Å². The lowest BCUT2D eigenvalue weighted by molar-refractivity contribution is 0.603. The molecule has 1 heterocycles. The minimum absolute atomic E-state index is 0.0837. The van der Waals surface area contributed by atoms with Crippen molar-refractivity contribution in [3.63, 3.8) is 0 Å². The standard InChI is InChI=1S/C4H3NOP2/c6-8-4-1-2-5-7-3-4/h1-3H. The second-order valence-corrected chi connectivity index (χ2v) is 2.61. The Labute approximate surface area is 50.3 Å². The molecule has 0 spiro atoms. The Kier molecular flexibility index (Phi) is 2.08. The molecule has 0 aromatic carbocycles. The van der Waals surface area contributed by atoms with Crippen LogP contribution in [0.5, 0.6) is 0 Å². The van der Waals surface area contributed by atoms with Gasteiger partial charge in [-0.25, -0.2) is 4.75 Å². The van der Waals surface area contributed by atoms with Gasteiger partial charge in [0.15, 0.2) is 8.46 Å². The molecule has 0 bridgehead atoms. The maximum atomic E-state index is 10.1. The van der Waals surface area contributed by atoms with Gasteiger partial charge in [0.25, 0.3) is 0 Å². The number of rotatable bonds is 1. The van der Waals surface area contributed by atoms with Gasteiger partial charge in [-0.1, -0.05) is 0 Å². The normalized spacial score (nSPS) is 10.5. The highest BCUT2D eigenvalue weighted by Crippen LogP contribution is 1.98. The minimum atomic E-state index is 0.0837. The lowest BCUT2D eigenvalue weighted by atomic mass is 10.6. The first-order valence-electron chi connectivity index (χ1n) is 2.03. The van der Waals surface area contributed by atoms with E-state index in [1.165, 1.54) is 0 Å². The van der Waals surface area contributed by atoms with Crippen molar-refractivity contribution in [2.75, 3.05) is 0 Å². The maximum absolute atomic E-state index is 10.1. The van der Waals surface area contributed by atoms with Crippen molar-refractivity contribution in [1.29, 1.82) is 0 Å². The largest absolute Gasteiger partial charge is 0.269 e. The predicted molar refractivity (Wildman–Crippen MR) is 34.0 cm³/mol. The Morgan fingerprint density at radius 3 is 3.00 bits per heavy atom. The molecule has 4 heteroatoms. The Morgan fingerprint density at radius 2 is 2.62 bits per heavy atom. The molecular weight excluding hydrogens is 140 g/mol. The van der Waals surface area contributed by atoms with Gasteiger partial charge in [-0.15, -0.1) is 0 Å². The summed E-state index contributed by atoms with van der Waals surface area (Å²) in [5.74, 6) is 1.80.